The summed E-state index contributed by atoms with van der Waals surface area (Å²) in [6.07, 6.45) is 6.59. The molecule has 0 saturated carbocycles. The molecule has 2 aromatic carbocycles. The standard InChI is InChI=1S/C23H27NO3/c1-26-21-14-12-20(13-15-21)22(19-10-6-3-7-11-19)16-24-23(25)27-17-18-8-4-2-5-9-18/h2,4-5,8-10,12-15,22H,3,6-7,11,16-17H2,1H3,(H,24,25)/t22-/m1/s1. The van der Waals surface area contributed by atoms with E-state index in [-0.39, 0.29) is 18.6 Å². The lowest BCUT2D eigenvalue weighted by atomic mass is 9.84. The number of ether oxygens (including phenoxy) is 2. The molecule has 0 heterocycles. The molecule has 1 amide bonds. The largest absolute Gasteiger partial charge is 0.497 e. The van der Waals surface area contributed by atoms with Crippen LogP contribution >= 0.6 is 0 Å². The first-order valence-corrected chi connectivity index (χ1v) is 9.53. The molecule has 0 saturated heterocycles. The molecule has 1 atom stereocenters. The molecule has 4 nitrogen and oxygen atoms in total. The Balaban J connectivity index is 1.62. The van der Waals surface area contributed by atoms with Crippen LogP contribution in [-0.2, 0) is 11.3 Å². The Morgan fingerprint density at radius 2 is 1.85 bits per heavy atom. The van der Waals surface area contributed by atoms with Gasteiger partial charge in [0, 0.05) is 12.5 Å². The minimum atomic E-state index is -0.381. The minimum Gasteiger partial charge on any atom is -0.497 e. The number of hydrogen-bond donors (Lipinski definition) is 1. The van der Waals surface area contributed by atoms with Crippen LogP contribution < -0.4 is 10.1 Å². The Hall–Kier alpha value is -2.75. The van der Waals surface area contributed by atoms with Crippen LogP contribution in [0.25, 0.3) is 0 Å². The lowest BCUT2D eigenvalue weighted by Crippen LogP contribution is -2.30. The molecule has 142 valence electrons. The third-order valence-corrected chi connectivity index (χ3v) is 4.96. The van der Waals surface area contributed by atoms with Gasteiger partial charge in [-0.1, -0.05) is 54.1 Å². The van der Waals surface area contributed by atoms with Crippen LogP contribution in [-0.4, -0.2) is 19.7 Å². The highest BCUT2D eigenvalue weighted by atomic mass is 16.5. The molecule has 0 spiro atoms. The maximum absolute atomic E-state index is 12.2. The van der Waals surface area contributed by atoms with E-state index in [1.165, 1.54) is 24.0 Å². The fourth-order valence-electron chi connectivity index (χ4n) is 3.44. The number of hydrogen-bond acceptors (Lipinski definition) is 3. The zero-order chi connectivity index (χ0) is 18.9. The van der Waals surface area contributed by atoms with Crippen molar-refractivity contribution in [1.29, 1.82) is 0 Å². The fraction of sp³-hybridized carbons (Fsp3) is 0.348. The van der Waals surface area contributed by atoms with Gasteiger partial charge in [-0.25, -0.2) is 4.79 Å². The van der Waals surface area contributed by atoms with E-state index < -0.39 is 0 Å². The average molecular weight is 365 g/mol. The molecule has 1 aliphatic rings. The number of allylic oxidation sites excluding steroid dienone is 1. The molecular formula is C23H27NO3. The van der Waals surface area contributed by atoms with E-state index in [4.69, 9.17) is 9.47 Å². The minimum absolute atomic E-state index is 0.167. The normalized spacial score (nSPS) is 14.8. The van der Waals surface area contributed by atoms with Gasteiger partial charge in [-0.15, -0.1) is 0 Å². The van der Waals surface area contributed by atoms with E-state index >= 15 is 0 Å². The Bertz CT molecular complexity index is 753. The van der Waals surface area contributed by atoms with Crippen LogP contribution in [0.3, 0.4) is 0 Å². The van der Waals surface area contributed by atoms with Gasteiger partial charge in [0.05, 0.1) is 7.11 Å². The number of benzene rings is 2. The van der Waals surface area contributed by atoms with Crippen molar-refractivity contribution in [2.24, 2.45) is 0 Å². The van der Waals surface area contributed by atoms with Gasteiger partial charge < -0.3 is 14.8 Å². The molecule has 27 heavy (non-hydrogen) atoms. The van der Waals surface area contributed by atoms with Gasteiger partial charge in [-0.2, -0.15) is 0 Å². The number of carbonyl (C=O) groups is 1. The third kappa shape index (κ3) is 5.61. The summed E-state index contributed by atoms with van der Waals surface area (Å²) in [4.78, 5) is 12.2. The van der Waals surface area contributed by atoms with Crippen LogP contribution in [0.5, 0.6) is 5.75 Å². The second-order valence-electron chi connectivity index (χ2n) is 6.79. The monoisotopic (exact) mass is 365 g/mol. The SMILES string of the molecule is COc1ccc([C@H](CNC(=O)OCc2ccccc2)C2=CCCCC2)cc1. The summed E-state index contributed by atoms with van der Waals surface area (Å²) in [5, 5.41) is 2.94. The van der Waals surface area contributed by atoms with Crippen molar-refractivity contribution in [3.05, 3.63) is 77.4 Å². The summed E-state index contributed by atoms with van der Waals surface area (Å²) in [7, 11) is 1.67. The molecule has 0 aromatic heterocycles. The van der Waals surface area contributed by atoms with Crippen molar-refractivity contribution >= 4 is 6.09 Å². The molecule has 0 bridgehead atoms. The van der Waals surface area contributed by atoms with Gasteiger partial charge in [0.25, 0.3) is 0 Å². The molecule has 3 rings (SSSR count). The Labute approximate surface area is 161 Å². The van der Waals surface area contributed by atoms with E-state index in [0.717, 1.165) is 24.2 Å². The highest BCUT2D eigenvalue weighted by Gasteiger charge is 2.19. The maximum atomic E-state index is 12.2. The van der Waals surface area contributed by atoms with E-state index in [9.17, 15) is 4.79 Å². The summed E-state index contributed by atoms with van der Waals surface area (Å²) in [6, 6.07) is 17.8. The first kappa shape index (κ1) is 19.0. The zero-order valence-electron chi connectivity index (χ0n) is 15.8. The third-order valence-electron chi connectivity index (χ3n) is 4.96. The second kappa shape index (κ2) is 9.81. The molecule has 1 aliphatic carbocycles. The molecule has 2 aromatic rings. The molecule has 4 heteroatoms. The summed E-state index contributed by atoms with van der Waals surface area (Å²) >= 11 is 0. The number of methoxy groups -OCH3 is 1. The predicted molar refractivity (Wildman–Crippen MR) is 107 cm³/mol. The smallest absolute Gasteiger partial charge is 0.407 e. The van der Waals surface area contributed by atoms with Gasteiger partial charge in [-0.3, -0.25) is 0 Å². The second-order valence-corrected chi connectivity index (χ2v) is 6.79. The number of carbonyl (C=O) groups excluding carboxylic acids is 1. The average Bonchev–Trinajstić information content (AvgIpc) is 2.74. The van der Waals surface area contributed by atoms with Crippen molar-refractivity contribution in [3.63, 3.8) is 0 Å². The highest BCUT2D eigenvalue weighted by Crippen LogP contribution is 2.32. The molecule has 0 fully saturated rings. The highest BCUT2D eigenvalue weighted by molar-refractivity contribution is 5.67. The van der Waals surface area contributed by atoms with Crippen molar-refractivity contribution in [2.75, 3.05) is 13.7 Å². The van der Waals surface area contributed by atoms with Crippen LogP contribution in [0.1, 0.15) is 42.7 Å². The van der Waals surface area contributed by atoms with Gasteiger partial charge >= 0.3 is 6.09 Å². The van der Waals surface area contributed by atoms with E-state index in [1.54, 1.807) is 7.11 Å². The first-order valence-electron chi connectivity index (χ1n) is 9.53. The lowest BCUT2D eigenvalue weighted by molar-refractivity contribution is 0.139. The van der Waals surface area contributed by atoms with E-state index in [1.807, 2.05) is 42.5 Å². The first-order chi connectivity index (χ1) is 13.3. The van der Waals surface area contributed by atoms with Crippen LogP contribution in [0.2, 0.25) is 0 Å². The van der Waals surface area contributed by atoms with Crippen molar-refractivity contribution in [2.45, 2.75) is 38.2 Å². The van der Waals surface area contributed by atoms with Crippen molar-refractivity contribution < 1.29 is 14.3 Å². The number of nitrogens with one attached hydrogen (secondary N) is 1. The van der Waals surface area contributed by atoms with Crippen LogP contribution in [0.4, 0.5) is 4.79 Å². The topological polar surface area (TPSA) is 47.6 Å². The van der Waals surface area contributed by atoms with Crippen LogP contribution in [0, 0.1) is 0 Å². The maximum Gasteiger partial charge on any atom is 0.407 e. The van der Waals surface area contributed by atoms with Gasteiger partial charge in [0.1, 0.15) is 12.4 Å². The molecule has 0 unspecified atom stereocenters. The number of rotatable bonds is 7. The molecule has 0 aliphatic heterocycles. The Morgan fingerprint density at radius 1 is 1.07 bits per heavy atom. The van der Waals surface area contributed by atoms with Crippen LogP contribution in [0.15, 0.2) is 66.2 Å². The molecular weight excluding hydrogens is 338 g/mol. The summed E-state index contributed by atoms with van der Waals surface area (Å²) in [5.41, 5.74) is 3.57. The van der Waals surface area contributed by atoms with Gasteiger partial charge in [0.15, 0.2) is 0 Å². The predicted octanol–water partition coefficient (Wildman–Crippen LogP) is 5.21. The summed E-state index contributed by atoms with van der Waals surface area (Å²) in [6.45, 7) is 0.814. The number of alkyl carbamates (subject to hydrolysis) is 1. The Kier molecular flexibility index (Phi) is 6.91. The summed E-state index contributed by atoms with van der Waals surface area (Å²) < 4.78 is 10.6. The lowest BCUT2D eigenvalue weighted by Gasteiger charge is -2.24. The quantitative estimate of drug-likeness (QED) is 0.686. The van der Waals surface area contributed by atoms with E-state index in [2.05, 4.69) is 23.5 Å². The summed E-state index contributed by atoms with van der Waals surface area (Å²) in [5.74, 6) is 1.01. The molecule has 1 N–H and O–H groups in total. The zero-order valence-corrected chi connectivity index (χ0v) is 15.8. The fourth-order valence-corrected chi connectivity index (χ4v) is 3.44. The number of amides is 1. The van der Waals surface area contributed by atoms with Gasteiger partial charge in [-0.05, 0) is 48.9 Å². The Morgan fingerprint density at radius 3 is 2.52 bits per heavy atom. The van der Waals surface area contributed by atoms with E-state index in [0.29, 0.717) is 6.54 Å². The van der Waals surface area contributed by atoms with Crippen molar-refractivity contribution in [1.82, 2.24) is 5.32 Å². The van der Waals surface area contributed by atoms with Crippen molar-refractivity contribution in [3.8, 4) is 5.75 Å². The van der Waals surface area contributed by atoms with Gasteiger partial charge in [0.2, 0.25) is 0 Å². The molecule has 0 radical (unpaired) electrons.